The summed E-state index contributed by atoms with van der Waals surface area (Å²) in [7, 11) is -3.53. The number of nitrogens with zero attached hydrogens (tertiary/aromatic N) is 3. The number of aryl methyl sites for hydroxylation is 2. The number of sulfonamides is 1. The van der Waals surface area contributed by atoms with Crippen LogP contribution in [0.15, 0.2) is 47.4 Å². The first-order valence-electron chi connectivity index (χ1n) is 11.6. The van der Waals surface area contributed by atoms with Crippen molar-refractivity contribution < 1.29 is 13.2 Å². The van der Waals surface area contributed by atoms with Crippen molar-refractivity contribution in [1.29, 1.82) is 0 Å². The van der Waals surface area contributed by atoms with E-state index in [1.165, 1.54) is 9.87 Å². The van der Waals surface area contributed by atoms with E-state index in [0.29, 0.717) is 43.9 Å². The van der Waals surface area contributed by atoms with Crippen LogP contribution in [0.25, 0.3) is 0 Å². The van der Waals surface area contributed by atoms with Crippen LogP contribution in [0.2, 0.25) is 5.02 Å². The molecular weight excluding hydrogens is 458 g/mol. The van der Waals surface area contributed by atoms with Crippen molar-refractivity contribution in [3.63, 3.8) is 0 Å². The lowest BCUT2D eigenvalue weighted by Gasteiger charge is -2.38. The molecule has 0 aliphatic carbocycles. The van der Waals surface area contributed by atoms with Gasteiger partial charge in [-0.3, -0.25) is 9.69 Å². The van der Waals surface area contributed by atoms with Crippen LogP contribution in [0.4, 0.5) is 0 Å². The van der Waals surface area contributed by atoms with E-state index in [9.17, 15) is 13.2 Å². The lowest BCUT2D eigenvalue weighted by molar-refractivity contribution is -0.138. The van der Waals surface area contributed by atoms with Gasteiger partial charge in [-0.2, -0.15) is 4.31 Å². The molecule has 0 bridgehead atoms. The van der Waals surface area contributed by atoms with Crippen molar-refractivity contribution >= 4 is 27.5 Å². The monoisotopic (exact) mass is 489 g/mol. The van der Waals surface area contributed by atoms with Crippen molar-refractivity contribution in [2.75, 3.05) is 39.3 Å². The summed E-state index contributed by atoms with van der Waals surface area (Å²) in [6.07, 6.45) is 1.15. The zero-order valence-corrected chi connectivity index (χ0v) is 20.9. The minimum atomic E-state index is -3.53. The Morgan fingerprint density at radius 1 is 0.970 bits per heavy atom. The van der Waals surface area contributed by atoms with E-state index in [1.54, 1.807) is 6.07 Å². The molecule has 2 aliphatic heterocycles. The summed E-state index contributed by atoms with van der Waals surface area (Å²) in [4.78, 5) is 17.8. The molecule has 2 fully saturated rings. The lowest BCUT2D eigenvalue weighted by atomic mass is 9.96. The van der Waals surface area contributed by atoms with Gasteiger partial charge in [-0.15, -0.1) is 0 Å². The van der Waals surface area contributed by atoms with E-state index < -0.39 is 10.0 Å². The highest BCUT2D eigenvalue weighted by atomic mass is 35.5. The second-order valence-corrected chi connectivity index (χ2v) is 11.5. The van der Waals surface area contributed by atoms with Gasteiger partial charge in [0.25, 0.3) is 0 Å². The highest BCUT2D eigenvalue weighted by molar-refractivity contribution is 7.89. The molecule has 2 aromatic carbocycles. The summed E-state index contributed by atoms with van der Waals surface area (Å²) in [5.41, 5.74) is 2.99. The largest absolute Gasteiger partial charge is 0.340 e. The van der Waals surface area contributed by atoms with Gasteiger partial charge in [0.05, 0.1) is 4.90 Å². The molecule has 6 nitrogen and oxygen atoms in total. The standard InChI is InChI=1S/C25H32ClN3O3S/c1-19-6-7-24(20(2)16-19)33(31,32)29-10-8-22(9-11-29)25(30)28-14-12-27(13-15-28)18-21-4-3-5-23(26)17-21/h3-7,16-17,22H,8-15,18H2,1-2H3. The van der Waals surface area contributed by atoms with E-state index in [2.05, 4.69) is 11.0 Å². The van der Waals surface area contributed by atoms with Crippen molar-refractivity contribution in [1.82, 2.24) is 14.1 Å². The van der Waals surface area contributed by atoms with Crippen molar-refractivity contribution in [2.24, 2.45) is 5.92 Å². The van der Waals surface area contributed by atoms with Gasteiger partial charge in [0.15, 0.2) is 0 Å². The molecule has 33 heavy (non-hydrogen) atoms. The summed E-state index contributed by atoms with van der Waals surface area (Å²) in [6.45, 7) is 8.48. The second kappa shape index (κ2) is 10.1. The van der Waals surface area contributed by atoms with Crippen LogP contribution < -0.4 is 0 Å². The third-order valence-corrected chi connectivity index (χ3v) is 9.02. The van der Waals surface area contributed by atoms with Gasteiger partial charge in [0, 0.05) is 56.8 Å². The lowest BCUT2D eigenvalue weighted by Crippen LogP contribution is -2.51. The Balaban J connectivity index is 1.29. The zero-order chi connectivity index (χ0) is 23.6. The van der Waals surface area contributed by atoms with Crippen LogP contribution in [0.1, 0.15) is 29.5 Å². The highest BCUT2D eigenvalue weighted by Gasteiger charge is 2.35. The quantitative estimate of drug-likeness (QED) is 0.642. The molecule has 8 heteroatoms. The predicted octanol–water partition coefficient (Wildman–Crippen LogP) is 3.70. The van der Waals surface area contributed by atoms with E-state index in [-0.39, 0.29) is 11.8 Å². The van der Waals surface area contributed by atoms with Crippen molar-refractivity contribution in [3.05, 3.63) is 64.2 Å². The Kier molecular flexibility index (Phi) is 7.43. The van der Waals surface area contributed by atoms with Gasteiger partial charge in [-0.1, -0.05) is 41.4 Å². The summed E-state index contributed by atoms with van der Waals surface area (Å²) >= 11 is 6.09. The predicted molar refractivity (Wildman–Crippen MR) is 131 cm³/mol. The molecule has 2 aliphatic rings. The minimum Gasteiger partial charge on any atom is -0.340 e. The first-order chi connectivity index (χ1) is 15.7. The average Bonchev–Trinajstić information content (AvgIpc) is 2.79. The number of rotatable bonds is 5. The number of carbonyl (C=O) groups excluding carboxylic acids is 1. The summed E-state index contributed by atoms with van der Waals surface area (Å²) in [5.74, 6) is 0.0658. The Morgan fingerprint density at radius 3 is 2.30 bits per heavy atom. The number of benzene rings is 2. The van der Waals surface area contributed by atoms with Gasteiger partial charge < -0.3 is 4.90 Å². The maximum absolute atomic E-state index is 13.1. The van der Waals surface area contributed by atoms with Crippen LogP contribution in [0.5, 0.6) is 0 Å². The molecule has 1 amide bonds. The van der Waals surface area contributed by atoms with E-state index in [0.717, 1.165) is 35.8 Å². The molecule has 0 spiro atoms. The van der Waals surface area contributed by atoms with Gasteiger partial charge in [0.2, 0.25) is 15.9 Å². The van der Waals surface area contributed by atoms with Crippen molar-refractivity contribution in [2.45, 2.75) is 38.1 Å². The average molecular weight is 490 g/mol. The molecule has 0 saturated carbocycles. The second-order valence-electron chi connectivity index (χ2n) is 9.18. The van der Waals surface area contributed by atoms with Crippen LogP contribution in [0.3, 0.4) is 0 Å². The number of piperidine rings is 1. The Hall–Kier alpha value is -1.93. The van der Waals surface area contributed by atoms with Crippen LogP contribution in [-0.4, -0.2) is 67.7 Å². The van der Waals surface area contributed by atoms with E-state index in [4.69, 9.17) is 11.6 Å². The molecule has 0 aromatic heterocycles. The number of hydrogen-bond acceptors (Lipinski definition) is 4. The first kappa shape index (κ1) is 24.2. The maximum Gasteiger partial charge on any atom is 0.243 e. The van der Waals surface area contributed by atoms with Gasteiger partial charge in [0.1, 0.15) is 0 Å². The third kappa shape index (κ3) is 5.60. The molecule has 2 aromatic rings. The van der Waals surface area contributed by atoms with E-state index >= 15 is 0 Å². The van der Waals surface area contributed by atoms with Crippen molar-refractivity contribution in [3.8, 4) is 0 Å². The summed E-state index contributed by atoms with van der Waals surface area (Å²) in [6, 6.07) is 13.3. The fourth-order valence-electron chi connectivity index (χ4n) is 4.85. The molecule has 0 atom stereocenters. The van der Waals surface area contributed by atoms with Crippen LogP contribution >= 0.6 is 11.6 Å². The molecular formula is C25H32ClN3O3S. The molecule has 0 radical (unpaired) electrons. The molecule has 0 unspecified atom stereocenters. The smallest absolute Gasteiger partial charge is 0.243 e. The number of piperazine rings is 1. The fourth-order valence-corrected chi connectivity index (χ4v) is 6.74. The highest BCUT2D eigenvalue weighted by Crippen LogP contribution is 2.27. The summed E-state index contributed by atoms with van der Waals surface area (Å²) < 4.78 is 27.8. The third-order valence-electron chi connectivity index (χ3n) is 6.73. The topological polar surface area (TPSA) is 60.9 Å². The summed E-state index contributed by atoms with van der Waals surface area (Å²) in [5, 5.41) is 0.743. The number of hydrogen-bond donors (Lipinski definition) is 0. The Bertz CT molecular complexity index is 1110. The number of carbonyl (C=O) groups is 1. The maximum atomic E-state index is 13.1. The SMILES string of the molecule is Cc1ccc(S(=O)(=O)N2CCC(C(=O)N3CCN(Cc4cccc(Cl)c4)CC3)CC2)c(C)c1. The minimum absolute atomic E-state index is 0.102. The molecule has 178 valence electrons. The molecule has 2 saturated heterocycles. The van der Waals surface area contributed by atoms with Gasteiger partial charge in [-0.05, 0) is 56.0 Å². The van der Waals surface area contributed by atoms with E-state index in [1.807, 2.05) is 49.1 Å². The number of amides is 1. The first-order valence-corrected chi connectivity index (χ1v) is 13.4. The van der Waals surface area contributed by atoms with Crippen LogP contribution in [0, 0.1) is 19.8 Å². The molecule has 2 heterocycles. The van der Waals surface area contributed by atoms with Crippen LogP contribution in [-0.2, 0) is 21.4 Å². The van der Waals surface area contributed by atoms with Gasteiger partial charge >= 0.3 is 0 Å². The zero-order valence-electron chi connectivity index (χ0n) is 19.3. The normalized spacial score (nSPS) is 19.1. The Labute approximate surface area is 202 Å². The fraction of sp³-hybridized carbons (Fsp3) is 0.480. The number of halogens is 1. The molecule has 0 N–H and O–H groups in total. The Morgan fingerprint density at radius 2 is 1.67 bits per heavy atom. The van der Waals surface area contributed by atoms with Gasteiger partial charge in [-0.25, -0.2) is 8.42 Å². The molecule has 4 rings (SSSR count).